The number of nitrogens with zero attached hydrogens (tertiary/aromatic N) is 1. The van der Waals surface area contributed by atoms with Gasteiger partial charge in [0.2, 0.25) is 0 Å². The van der Waals surface area contributed by atoms with E-state index in [1.54, 1.807) is 11.0 Å². The summed E-state index contributed by atoms with van der Waals surface area (Å²) in [6.07, 6.45) is -0.233. The molecule has 7 heteroatoms. The fourth-order valence-corrected chi connectivity index (χ4v) is 3.10. The van der Waals surface area contributed by atoms with E-state index in [-0.39, 0.29) is 17.8 Å². The van der Waals surface area contributed by atoms with Crippen molar-refractivity contribution in [3.8, 4) is 5.75 Å². The van der Waals surface area contributed by atoms with E-state index in [0.29, 0.717) is 38.5 Å². The second-order valence-electron chi connectivity index (χ2n) is 6.65. The first kappa shape index (κ1) is 20.2. The van der Waals surface area contributed by atoms with E-state index in [9.17, 15) is 13.6 Å². The van der Waals surface area contributed by atoms with Crippen LogP contribution in [-0.2, 0) is 16.1 Å². The lowest BCUT2D eigenvalue weighted by atomic mass is 10.1. The van der Waals surface area contributed by atoms with Crippen LogP contribution in [0.1, 0.15) is 21.5 Å². The maximum absolute atomic E-state index is 12.7. The fraction of sp³-hybridized carbons (Fsp3) is 0.381. The first-order valence-corrected chi connectivity index (χ1v) is 9.10. The number of rotatable bonds is 7. The zero-order chi connectivity index (χ0) is 19.9. The first-order valence-electron chi connectivity index (χ1n) is 9.10. The predicted molar refractivity (Wildman–Crippen MR) is 99.6 cm³/mol. The van der Waals surface area contributed by atoms with Gasteiger partial charge in [0, 0.05) is 18.7 Å². The largest absolute Gasteiger partial charge is 0.435 e. The number of carbonyl (C=O) groups excluding carboxylic acids is 1. The summed E-state index contributed by atoms with van der Waals surface area (Å²) in [4.78, 5) is 14.3. The summed E-state index contributed by atoms with van der Waals surface area (Å²) in [7, 11) is 0. The molecule has 1 aliphatic heterocycles. The normalized spacial score (nSPS) is 17.0. The highest BCUT2D eigenvalue weighted by Crippen LogP contribution is 2.18. The van der Waals surface area contributed by atoms with Gasteiger partial charge in [0.25, 0.3) is 5.91 Å². The molecule has 150 valence electrons. The second-order valence-corrected chi connectivity index (χ2v) is 6.65. The summed E-state index contributed by atoms with van der Waals surface area (Å²) in [5.41, 5.74) is 2.56. The number of benzene rings is 2. The zero-order valence-corrected chi connectivity index (χ0v) is 15.6. The lowest BCUT2D eigenvalue weighted by Crippen LogP contribution is -2.47. The van der Waals surface area contributed by atoms with Crippen molar-refractivity contribution in [1.82, 2.24) is 4.90 Å². The molecule has 1 aliphatic rings. The van der Waals surface area contributed by atoms with Crippen molar-refractivity contribution in [2.45, 2.75) is 26.2 Å². The van der Waals surface area contributed by atoms with Crippen LogP contribution < -0.4 is 4.74 Å². The van der Waals surface area contributed by atoms with E-state index in [1.807, 2.05) is 25.1 Å². The number of amides is 1. The number of aryl methyl sites for hydroxylation is 1. The number of hydrogen-bond donors (Lipinski definition) is 0. The minimum atomic E-state index is -2.93. The molecule has 2 aromatic carbocycles. The third-order valence-corrected chi connectivity index (χ3v) is 4.39. The highest BCUT2D eigenvalue weighted by atomic mass is 19.3. The molecule has 1 unspecified atom stereocenters. The van der Waals surface area contributed by atoms with Gasteiger partial charge in [-0.15, -0.1) is 0 Å². The highest BCUT2D eigenvalue weighted by molar-refractivity contribution is 5.94. The van der Waals surface area contributed by atoms with Gasteiger partial charge in [0.15, 0.2) is 0 Å². The number of hydrogen-bond acceptors (Lipinski definition) is 4. The van der Waals surface area contributed by atoms with Gasteiger partial charge >= 0.3 is 6.61 Å². The summed E-state index contributed by atoms with van der Waals surface area (Å²) in [6.45, 7) is 1.16. The molecule has 0 aliphatic carbocycles. The number of alkyl halides is 2. The minimum Gasteiger partial charge on any atom is -0.435 e. The van der Waals surface area contributed by atoms with Crippen molar-refractivity contribution >= 4 is 5.91 Å². The van der Waals surface area contributed by atoms with Gasteiger partial charge in [-0.1, -0.05) is 35.9 Å². The van der Waals surface area contributed by atoms with Crippen molar-refractivity contribution in [3.63, 3.8) is 0 Å². The molecule has 5 nitrogen and oxygen atoms in total. The van der Waals surface area contributed by atoms with Crippen molar-refractivity contribution in [2.24, 2.45) is 0 Å². The highest BCUT2D eigenvalue weighted by Gasteiger charge is 2.25. The molecule has 3 rings (SSSR count). The molecule has 1 fully saturated rings. The van der Waals surface area contributed by atoms with Crippen LogP contribution in [0.5, 0.6) is 5.75 Å². The van der Waals surface area contributed by atoms with E-state index >= 15 is 0 Å². The van der Waals surface area contributed by atoms with Crippen molar-refractivity contribution in [1.29, 1.82) is 0 Å². The Morgan fingerprint density at radius 1 is 1.25 bits per heavy atom. The molecule has 1 saturated heterocycles. The van der Waals surface area contributed by atoms with E-state index in [1.165, 1.54) is 23.8 Å². The van der Waals surface area contributed by atoms with Crippen LogP contribution in [0.15, 0.2) is 48.5 Å². The second kappa shape index (κ2) is 9.61. The molecule has 0 N–H and O–H groups in total. The molecule has 0 aromatic heterocycles. The Hall–Kier alpha value is -2.51. The fourth-order valence-electron chi connectivity index (χ4n) is 3.10. The lowest BCUT2D eigenvalue weighted by Gasteiger charge is -2.33. The molecule has 0 saturated carbocycles. The number of halogens is 2. The molecule has 1 heterocycles. The first-order chi connectivity index (χ1) is 13.5. The average Bonchev–Trinajstić information content (AvgIpc) is 2.67. The third kappa shape index (κ3) is 5.74. The number of carbonyl (C=O) groups is 1. The summed E-state index contributed by atoms with van der Waals surface area (Å²) in [5, 5.41) is 0. The topological polar surface area (TPSA) is 48.0 Å². The Morgan fingerprint density at radius 2 is 2.07 bits per heavy atom. The minimum absolute atomic E-state index is 0.0350. The third-order valence-electron chi connectivity index (χ3n) is 4.39. The van der Waals surface area contributed by atoms with Crippen LogP contribution in [0.4, 0.5) is 8.78 Å². The summed E-state index contributed by atoms with van der Waals surface area (Å²) >= 11 is 0. The van der Waals surface area contributed by atoms with Crippen molar-refractivity contribution in [2.75, 3.05) is 26.3 Å². The molecule has 0 bridgehead atoms. The van der Waals surface area contributed by atoms with Crippen LogP contribution in [0.2, 0.25) is 0 Å². The molecule has 1 amide bonds. The van der Waals surface area contributed by atoms with Gasteiger partial charge in [-0.25, -0.2) is 0 Å². The Kier molecular flexibility index (Phi) is 6.95. The molecule has 28 heavy (non-hydrogen) atoms. The van der Waals surface area contributed by atoms with Crippen LogP contribution in [0.25, 0.3) is 0 Å². The molecular formula is C21H23F2NO4. The van der Waals surface area contributed by atoms with E-state index < -0.39 is 6.61 Å². The maximum atomic E-state index is 12.7. The van der Waals surface area contributed by atoms with Crippen molar-refractivity contribution in [3.05, 3.63) is 65.2 Å². The van der Waals surface area contributed by atoms with Crippen LogP contribution in [0, 0.1) is 6.92 Å². The van der Waals surface area contributed by atoms with Gasteiger partial charge < -0.3 is 19.1 Å². The van der Waals surface area contributed by atoms with Gasteiger partial charge in [-0.3, -0.25) is 4.79 Å². The van der Waals surface area contributed by atoms with Crippen LogP contribution in [0.3, 0.4) is 0 Å². The standard InChI is InChI=1S/C21H23F2NO4/c1-15-4-2-5-16(10-15)13-26-14-19-12-24(8-9-27-19)20(25)17-6-3-7-18(11-17)28-21(22)23/h2-7,10-11,19,21H,8-9,12-14H2,1H3. The molecule has 0 spiro atoms. The van der Waals surface area contributed by atoms with Crippen molar-refractivity contribution < 1.29 is 27.8 Å². The molecule has 0 radical (unpaired) electrons. The molecule has 2 aromatic rings. The SMILES string of the molecule is Cc1cccc(COCC2CN(C(=O)c3cccc(OC(F)F)c3)CCO2)c1. The monoisotopic (exact) mass is 391 g/mol. The van der Waals surface area contributed by atoms with E-state index in [2.05, 4.69) is 10.8 Å². The number of ether oxygens (including phenoxy) is 3. The molecular weight excluding hydrogens is 368 g/mol. The predicted octanol–water partition coefficient (Wildman–Crippen LogP) is 3.65. The Balaban J connectivity index is 1.53. The quantitative estimate of drug-likeness (QED) is 0.723. The smallest absolute Gasteiger partial charge is 0.387 e. The molecule has 1 atom stereocenters. The lowest BCUT2D eigenvalue weighted by molar-refractivity contribution is -0.0647. The average molecular weight is 391 g/mol. The Morgan fingerprint density at radius 3 is 2.86 bits per heavy atom. The van der Waals surface area contributed by atoms with E-state index in [0.717, 1.165) is 5.56 Å². The summed E-state index contributed by atoms with van der Waals surface area (Å²) in [5.74, 6) is -0.279. The van der Waals surface area contributed by atoms with Gasteiger partial charge in [-0.05, 0) is 30.7 Å². The van der Waals surface area contributed by atoms with Gasteiger partial charge in [0.05, 0.1) is 25.9 Å². The van der Waals surface area contributed by atoms with Crippen LogP contribution >= 0.6 is 0 Å². The van der Waals surface area contributed by atoms with Gasteiger partial charge in [-0.2, -0.15) is 8.78 Å². The van der Waals surface area contributed by atoms with Crippen LogP contribution in [-0.4, -0.2) is 49.8 Å². The summed E-state index contributed by atoms with van der Waals surface area (Å²) < 4.78 is 40.6. The van der Waals surface area contributed by atoms with E-state index in [4.69, 9.17) is 9.47 Å². The maximum Gasteiger partial charge on any atom is 0.387 e. The zero-order valence-electron chi connectivity index (χ0n) is 15.6. The van der Waals surface area contributed by atoms with Gasteiger partial charge in [0.1, 0.15) is 5.75 Å². The Labute approximate surface area is 162 Å². The summed E-state index contributed by atoms with van der Waals surface area (Å²) in [6, 6.07) is 13.9. The number of morpholine rings is 1. The Bertz CT molecular complexity index is 799.